The summed E-state index contributed by atoms with van der Waals surface area (Å²) in [5.41, 5.74) is 0.741. The first kappa shape index (κ1) is 23.5. The fraction of sp³-hybridized carbons (Fsp3) is 0.476. The van der Waals surface area contributed by atoms with Gasteiger partial charge in [0.25, 0.3) is 0 Å². The van der Waals surface area contributed by atoms with Crippen molar-refractivity contribution in [3.8, 4) is 11.4 Å². The van der Waals surface area contributed by atoms with Crippen LogP contribution in [-0.2, 0) is 29.4 Å². The largest absolute Gasteiger partial charge is 0.337 e. The lowest BCUT2D eigenvalue weighted by Crippen LogP contribution is -2.30. The fourth-order valence-electron chi connectivity index (χ4n) is 3.31. The highest BCUT2D eigenvalue weighted by Gasteiger charge is 2.23. The van der Waals surface area contributed by atoms with Crippen molar-refractivity contribution in [3.05, 3.63) is 42.5 Å². The summed E-state index contributed by atoms with van der Waals surface area (Å²) in [4.78, 5) is 4.64. The first-order valence-corrected chi connectivity index (χ1v) is 12.8. The van der Waals surface area contributed by atoms with Crippen molar-refractivity contribution in [1.29, 1.82) is 0 Å². The molecule has 3 aromatic rings. The number of aromatic nitrogens is 5. The van der Waals surface area contributed by atoms with Crippen LogP contribution in [0.2, 0.25) is 0 Å². The lowest BCUT2D eigenvalue weighted by Gasteiger charge is -2.19. The van der Waals surface area contributed by atoms with Crippen molar-refractivity contribution < 1.29 is 8.42 Å². The summed E-state index contributed by atoms with van der Waals surface area (Å²) in [7, 11) is -1.58. The second kappa shape index (κ2) is 9.97. The Hall–Kier alpha value is -2.17. The minimum absolute atomic E-state index is 0.273. The van der Waals surface area contributed by atoms with Crippen molar-refractivity contribution in [1.82, 2.24) is 28.6 Å². The monoisotopic (exact) mass is 462 g/mol. The summed E-state index contributed by atoms with van der Waals surface area (Å²) in [6, 6.07) is 6.98. The zero-order valence-electron chi connectivity index (χ0n) is 18.7. The van der Waals surface area contributed by atoms with E-state index in [2.05, 4.69) is 33.6 Å². The summed E-state index contributed by atoms with van der Waals surface area (Å²) in [6.07, 6.45) is 3.70. The molecule has 0 spiro atoms. The number of sulfonamides is 1. The van der Waals surface area contributed by atoms with Crippen molar-refractivity contribution in [2.24, 2.45) is 13.0 Å². The van der Waals surface area contributed by atoms with E-state index in [0.717, 1.165) is 23.1 Å². The molecule has 0 atom stereocenters. The standard InChI is InChI=1S/C21H30N6O2S2/c1-6-26(7-2)31(28,29)18-10-8-9-17(13-18)20-23-24-21(27(20)14-16(3)4)30-15-19-22-11-12-25(19)5/h8-13,16H,6-7,14-15H2,1-5H3. The Morgan fingerprint density at radius 3 is 2.52 bits per heavy atom. The van der Waals surface area contributed by atoms with Crippen molar-refractivity contribution in [2.45, 2.75) is 50.0 Å². The normalized spacial score (nSPS) is 12.2. The minimum Gasteiger partial charge on any atom is -0.337 e. The van der Waals surface area contributed by atoms with Crippen LogP contribution < -0.4 is 0 Å². The number of benzene rings is 1. The van der Waals surface area contributed by atoms with E-state index in [4.69, 9.17) is 0 Å². The van der Waals surface area contributed by atoms with Gasteiger partial charge in [-0.3, -0.25) is 0 Å². The van der Waals surface area contributed by atoms with E-state index in [9.17, 15) is 8.42 Å². The molecular formula is C21H30N6O2S2. The minimum atomic E-state index is -3.55. The molecule has 0 saturated carbocycles. The Bertz CT molecular complexity index is 1120. The molecule has 0 fully saturated rings. The maximum atomic E-state index is 13.0. The highest BCUT2D eigenvalue weighted by Crippen LogP contribution is 2.29. The molecule has 0 bridgehead atoms. The van der Waals surface area contributed by atoms with Crippen LogP contribution in [0.4, 0.5) is 0 Å². The molecule has 0 aliphatic heterocycles. The molecule has 3 rings (SSSR count). The fourth-order valence-corrected chi connectivity index (χ4v) is 5.77. The van der Waals surface area contributed by atoms with Crippen LogP contribution in [0, 0.1) is 5.92 Å². The molecule has 1 aromatic carbocycles. The summed E-state index contributed by atoms with van der Waals surface area (Å²) in [5, 5.41) is 9.63. The van der Waals surface area contributed by atoms with Crippen LogP contribution >= 0.6 is 11.8 Å². The molecule has 0 N–H and O–H groups in total. The van der Waals surface area contributed by atoms with Gasteiger partial charge in [0.05, 0.1) is 10.6 Å². The van der Waals surface area contributed by atoms with Crippen LogP contribution in [0.15, 0.2) is 46.7 Å². The molecule has 0 aliphatic carbocycles. The van der Waals surface area contributed by atoms with Gasteiger partial charge in [-0.15, -0.1) is 10.2 Å². The molecule has 168 valence electrons. The van der Waals surface area contributed by atoms with E-state index in [-0.39, 0.29) is 4.90 Å². The third kappa shape index (κ3) is 5.19. The summed E-state index contributed by atoms with van der Waals surface area (Å²) in [5.74, 6) is 2.69. The van der Waals surface area contributed by atoms with E-state index in [1.165, 1.54) is 4.31 Å². The maximum Gasteiger partial charge on any atom is 0.243 e. The van der Waals surface area contributed by atoms with Crippen LogP contribution in [0.1, 0.15) is 33.5 Å². The van der Waals surface area contributed by atoms with E-state index in [1.807, 2.05) is 37.7 Å². The molecule has 2 aromatic heterocycles. The Morgan fingerprint density at radius 1 is 1.16 bits per heavy atom. The number of aryl methyl sites for hydroxylation is 1. The number of thioether (sulfide) groups is 1. The van der Waals surface area contributed by atoms with E-state index in [1.54, 1.807) is 36.2 Å². The Morgan fingerprint density at radius 2 is 1.90 bits per heavy atom. The Kier molecular flexibility index (Phi) is 7.55. The van der Waals surface area contributed by atoms with Gasteiger partial charge in [-0.1, -0.05) is 51.6 Å². The quantitative estimate of drug-likeness (QED) is 0.428. The Balaban J connectivity index is 1.97. The van der Waals surface area contributed by atoms with Gasteiger partial charge in [0.2, 0.25) is 10.0 Å². The molecule has 31 heavy (non-hydrogen) atoms. The highest BCUT2D eigenvalue weighted by molar-refractivity contribution is 7.98. The lowest BCUT2D eigenvalue weighted by atomic mass is 10.2. The van der Waals surface area contributed by atoms with E-state index >= 15 is 0 Å². The first-order chi connectivity index (χ1) is 14.8. The number of hydrogen-bond acceptors (Lipinski definition) is 6. The summed E-state index contributed by atoms with van der Waals surface area (Å²) in [6.45, 7) is 9.56. The molecule has 0 radical (unpaired) electrons. The smallest absolute Gasteiger partial charge is 0.243 e. The van der Waals surface area contributed by atoms with Crippen LogP contribution in [0.5, 0.6) is 0 Å². The predicted molar refractivity (Wildman–Crippen MR) is 123 cm³/mol. The van der Waals surface area contributed by atoms with Crippen LogP contribution in [0.3, 0.4) is 0 Å². The third-order valence-electron chi connectivity index (χ3n) is 4.95. The summed E-state index contributed by atoms with van der Waals surface area (Å²) < 4.78 is 31.5. The van der Waals surface area contributed by atoms with Crippen LogP contribution in [-0.4, -0.2) is 50.1 Å². The average molecular weight is 463 g/mol. The molecule has 10 heteroatoms. The molecule has 0 saturated heterocycles. The zero-order valence-corrected chi connectivity index (χ0v) is 20.3. The van der Waals surface area contributed by atoms with Gasteiger partial charge in [0.1, 0.15) is 5.82 Å². The van der Waals surface area contributed by atoms with Crippen LogP contribution in [0.25, 0.3) is 11.4 Å². The van der Waals surface area contributed by atoms with Crippen molar-refractivity contribution >= 4 is 21.8 Å². The molecular weight excluding hydrogens is 432 g/mol. The van der Waals surface area contributed by atoms with E-state index < -0.39 is 10.0 Å². The van der Waals surface area contributed by atoms with Gasteiger partial charge in [-0.2, -0.15) is 4.31 Å². The van der Waals surface area contributed by atoms with Gasteiger partial charge >= 0.3 is 0 Å². The number of imidazole rings is 1. The average Bonchev–Trinajstić information content (AvgIpc) is 3.32. The van der Waals surface area contributed by atoms with Crippen molar-refractivity contribution in [2.75, 3.05) is 13.1 Å². The van der Waals surface area contributed by atoms with Gasteiger partial charge in [0.15, 0.2) is 11.0 Å². The maximum absolute atomic E-state index is 13.0. The second-order valence-corrected chi connectivity index (χ2v) is 10.6. The van der Waals surface area contributed by atoms with E-state index in [0.29, 0.717) is 30.6 Å². The van der Waals surface area contributed by atoms with Crippen molar-refractivity contribution in [3.63, 3.8) is 0 Å². The molecule has 0 amide bonds. The first-order valence-electron chi connectivity index (χ1n) is 10.4. The summed E-state index contributed by atoms with van der Waals surface area (Å²) >= 11 is 1.58. The predicted octanol–water partition coefficient (Wildman–Crippen LogP) is 3.66. The highest BCUT2D eigenvalue weighted by atomic mass is 32.2. The van der Waals surface area contributed by atoms with Gasteiger partial charge in [0, 0.05) is 44.6 Å². The third-order valence-corrected chi connectivity index (χ3v) is 7.96. The Labute approximate surface area is 188 Å². The number of rotatable bonds is 10. The number of hydrogen-bond donors (Lipinski definition) is 0. The SMILES string of the molecule is CCN(CC)S(=O)(=O)c1cccc(-c2nnc(SCc3nccn3C)n2CC(C)C)c1. The van der Waals surface area contributed by atoms with Gasteiger partial charge in [-0.05, 0) is 18.1 Å². The van der Waals surface area contributed by atoms with Gasteiger partial charge in [-0.25, -0.2) is 13.4 Å². The second-order valence-electron chi connectivity index (χ2n) is 7.67. The molecule has 0 aliphatic rings. The lowest BCUT2D eigenvalue weighted by molar-refractivity contribution is 0.445. The topological polar surface area (TPSA) is 85.9 Å². The number of nitrogens with zero attached hydrogens (tertiary/aromatic N) is 6. The molecule has 8 nitrogen and oxygen atoms in total. The zero-order chi connectivity index (χ0) is 22.6. The molecule has 2 heterocycles. The van der Waals surface area contributed by atoms with Gasteiger partial charge < -0.3 is 9.13 Å². The molecule has 0 unspecified atom stereocenters.